The standard InChI is InChI=1S/C26H31N7O4/c1-16-19(4-5-20-21(16)14-37-25(20)36)22(34)13-32-10-7-18(12-32)26(8-2-9-26)29-24(35)17-3-6-23(27-11-17)33-15-28-30-31-33/h3-6,11,15,18,22-23,27,34H,2,7-10,12-14H2,1H3,(H,29,35)/t18-,22+,23?/m1/s1. The van der Waals surface area contributed by atoms with Gasteiger partial charge in [0.25, 0.3) is 5.91 Å². The van der Waals surface area contributed by atoms with Crippen molar-refractivity contribution >= 4 is 11.9 Å². The van der Waals surface area contributed by atoms with Gasteiger partial charge in [-0.1, -0.05) is 6.07 Å². The van der Waals surface area contributed by atoms with Gasteiger partial charge in [0.15, 0.2) is 0 Å². The van der Waals surface area contributed by atoms with Gasteiger partial charge in [0.2, 0.25) is 0 Å². The molecule has 1 aromatic heterocycles. The summed E-state index contributed by atoms with van der Waals surface area (Å²) in [5.41, 5.74) is 3.62. The van der Waals surface area contributed by atoms with Crippen LogP contribution in [0.3, 0.4) is 0 Å². The summed E-state index contributed by atoms with van der Waals surface area (Å²) in [5, 5.41) is 28.7. The number of carbonyl (C=O) groups is 2. The molecule has 2 aromatic rings. The Labute approximate surface area is 214 Å². The van der Waals surface area contributed by atoms with Crippen LogP contribution in [0.25, 0.3) is 0 Å². The van der Waals surface area contributed by atoms with E-state index in [1.807, 2.05) is 19.1 Å². The van der Waals surface area contributed by atoms with Crippen LogP contribution in [0.4, 0.5) is 0 Å². The number of amides is 1. The summed E-state index contributed by atoms with van der Waals surface area (Å²) in [6.45, 7) is 4.44. The number of cyclic esters (lactones) is 1. The zero-order valence-corrected chi connectivity index (χ0v) is 20.8. The van der Waals surface area contributed by atoms with Crippen molar-refractivity contribution in [2.75, 3.05) is 19.6 Å². The molecule has 1 amide bonds. The molecule has 1 saturated heterocycles. The van der Waals surface area contributed by atoms with E-state index in [0.29, 0.717) is 23.6 Å². The second-order valence-corrected chi connectivity index (χ2v) is 10.5. The lowest BCUT2D eigenvalue weighted by Gasteiger charge is -2.47. The van der Waals surface area contributed by atoms with Crippen LogP contribution in [0, 0.1) is 12.8 Å². The van der Waals surface area contributed by atoms with Crippen molar-refractivity contribution in [2.45, 2.75) is 57.0 Å². The second kappa shape index (κ2) is 9.38. The Morgan fingerprint density at radius 2 is 2.24 bits per heavy atom. The number of aromatic nitrogens is 4. The number of β-amino-alcohol motifs (C(OH)–C–C–N with tert-alkyl or cyclic N) is 1. The molecular weight excluding hydrogens is 474 g/mol. The largest absolute Gasteiger partial charge is 0.457 e. The molecule has 1 aliphatic carbocycles. The van der Waals surface area contributed by atoms with E-state index in [4.69, 9.17) is 4.74 Å². The number of aliphatic hydroxyl groups is 1. The monoisotopic (exact) mass is 505 g/mol. The number of likely N-dealkylation sites (tertiary alicyclic amines) is 1. The second-order valence-electron chi connectivity index (χ2n) is 10.5. The van der Waals surface area contributed by atoms with E-state index in [9.17, 15) is 14.7 Å². The first-order valence-corrected chi connectivity index (χ1v) is 12.8. The topological polar surface area (TPSA) is 134 Å². The van der Waals surface area contributed by atoms with Crippen LogP contribution in [0.5, 0.6) is 0 Å². The lowest BCUT2D eigenvalue weighted by molar-refractivity contribution is -0.121. The van der Waals surface area contributed by atoms with Crippen LogP contribution in [-0.4, -0.2) is 67.3 Å². The highest BCUT2D eigenvalue weighted by Gasteiger charge is 2.47. The van der Waals surface area contributed by atoms with Gasteiger partial charge in [-0.25, -0.2) is 9.48 Å². The molecule has 2 fully saturated rings. The maximum Gasteiger partial charge on any atom is 0.338 e. The highest BCUT2D eigenvalue weighted by atomic mass is 16.5. The summed E-state index contributed by atoms with van der Waals surface area (Å²) >= 11 is 0. The average molecular weight is 506 g/mol. The Bertz CT molecular complexity index is 1270. The minimum absolute atomic E-state index is 0.0809. The van der Waals surface area contributed by atoms with Crippen LogP contribution in [0.2, 0.25) is 0 Å². The normalized spacial score (nSPS) is 25.0. The molecule has 3 N–H and O–H groups in total. The van der Waals surface area contributed by atoms with Gasteiger partial charge in [0, 0.05) is 30.4 Å². The molecule has 11 nitrogen and oxygen atoms in total. The molecule has 0 spiro atoms. The lowest BCUT2D eigenvalue weighted by Crippen LogP contribution is -2.59. The number of rotatable bonds is 7. The first-order valence-electron chi connectivity index (χ1n) is 12.8. The van der Waals surface area contributed by atoms with Gasteiger partial charge in [-0.3, -0.25) is 4.79 Å². The number of hydrogen-bond donors (Lipinski definition) is 3. The van der Waals surface area contributed by atoms with E-state index >= 15 is 0 Å². The van der Waals surface area contributed by atoms with Gasteiger partial charge < -0.3 is 25.4 Å². The molecule has 1 aromatic carbocycles. The Morgan fingerprint density at radius 1 is 1.38 bits per heavy atom. The molecule has 4 aliphatic rings. The lowest BCUT2D eigenvalue weighted by atomic mass is 9.67. The summed E-state index contributed by atoms with van der Waals surface area (Å²) in [4.78, 5) is 27.3. The third kappa shape index (κ3) is 4.31. The number of dihydropyridines is 1. The van der Waals surface area contributed by atoms with Gasteiger partial charge >= 0.3 is 5.97 Å². The number of esters is 1. The van der Waals surface area contributed by atoms with E-state index in [2.05, 4.69) is 31.1 Å². The summed E-state index contributed by atoms with van der Waals surface area (Å²) in [7, 11) is 0. The molecule has 3 atom stereocenters. The highest BCUT2D eigenvalue weighted by molar-refractivity contribution is 5.97. The van der Waals surface area contributed by atoms with Gasteiger partial charge in [-0.2, -0.15) is 0 Å². The number of benzene rings is 1. The molecule has 0 radical (unpaired) electrons. The number of nitrogens with one attached hydrogen (secondary N) is 2. The summed E-state index contributed by atoms with van der Waals surface area (Å²) in [6, 6.07) is 3.60. The van der Waals surface area contributed by atoms with E-state index in [1.165, 1.54) is 6.33 Å². The van der Waals surface area contributed by atoms with Crippen molar-refractivity contribution in [3.05, 3.63) is 64.6 Å². The molecule has 194 valence electrons. The maximum atomic E-state index is 13.1. The van der Waals surface area contributed by atoms with Crippen molar-refractivity contribution in [1.82, 2.24) is 35.7 Å². The number of ether oxygens (including phenoxy) is 1. The Hall–Kier alpha value is -3.57. The van der Waals surface area contributed by atoms with Crippen LogP contribution in [0.1, 0.15) is 65.0 Å². The number of tetrazole rings is 1. The third-order valence-corrected chi connectivity index (χ3v) is 8.44. The molecule has 11 heteroatoms. The SMILES string of the molecule is Cc1c([C@@H](O)CN2CC[C@@H](C3(NC(=O)C4=CNC(n5cnnn5)C=C4)CCC3)C2)ccc2c1COC2=O. The molecule has 3 aliphatic heterocycles. The van der Waals surface area contributed by atoms with Crippen LogP contribution in [0.15, 0.2) is 42.4 Å². The first-order chi connectivity index (χ1) is 17.9. The van der Waals surface area contributed by atoms with Crippen molar-refractivity contribution in [2.24, 2.45) is 5.92 Å². The maximum absolute atomic E-state index is 13.1. The number of aliphatic hydroxyl groups excluding tert-OH is 1. The van der Waals surface area contributed by atoms with E-state index in [1.54, 1.807) is 23.0 Å². The minimum atomic E-state index is -0.650. The predicted octanol–water partition coefficient (Wildman–Crippen LogP) is 1.29. The zero-order chi connectivity index (χ0) is 25.6. The molecule has 4 heterocycles. The van der Waals surface area contributed by atoms with E-state index in [0.717, 1.165) is 55.5 Å². The molecule has 0 bridgehead atoms. The van der Waals surface area contributed by atoms with Crippen molar-refractivity contribution < 1.29 is 19.4 Å². The van der Waals surface area contributed by atoms with Crippen LogP contribution < -0.4 is 10.6 Å². The van der Waals surface area contributed by atoms with Gasteiger partial charge in [0.1, 0.15) is 19.1 Å². The van der Waals surface area contributed by atoms with E-state index < -0.39 is 6.10 Å². The Kier molecular flexibility index (Phi) is 6.04. The Balaban J connectivity index is 1.07. The number of fused-ring (bicyclic) bond motifs is 1. The fraction of sp³-hybridized carbons (Fsp3) is 0.500. The predicted molar refractivity (Wildman–Crippen MR) is 132 cm³/mol. The summed E-state index contributed by atoms with van der Waals surface area (Å²) in [6.07, 6.45) is 10.0. The smallest absolute Gasteiger partial charge is 0.338 e. The zero-order valence-electron chi connectivity index (χ0n) is 20.8. The number of nitrogens with zero attached hydrogens (tertiary/aromatic N) is 5. The van der Waals surface area contributed by atoms with E-state index in [-0.39, 0.29) is 30.2 Å². The average Bonchev–Trinajstić information content (AvgIpc) is 3.64. The minimum Gasteiger partial charge on any atom is -0.457 e. The molecule has 1 saturated carbocycles. The van der Waals surface area contributed by atoms with Gasteiger partial charge in [0.05, 0.1) is 17.2 Å². The third-order valence-electron chi connectivity index (χ3n) is 8.44. The highest BCUT2D eigenvalue weighted by Crippen LogP contribution is 2.43. The summed E-state index contributed by atoms with van der Waals surface area (Å²) < 4.78 is 6.73. The fourth-order valence-corrected chi connectivity index (χ4v) is 6.09. The molecule has 6 rings (SSSR count). The van der Waals surface area contributed by atoms with Gasteiger partial charge in [-0.05, 0) is 84.8 Å². The molecule has 1 unspecified atom stereocenters. The fourth-order valence-electron chi connectivity index (χ4n) is 6.09. The van der Waals surface area contributed by atoms with Gasteiger partial charge in [-0.15, -0.1) is 5.10 Å². The van der Waals surface area contributed by atoms with Crippen molar-refractivity contribution in [3.8, 4) is 0 Å². The quantitative estimate of drug-likeness (QED) is 0.476. The van der Waals surface area contributed by atoms with Crippen LogP contribution in [-0.2, 0) is 16.1 Å². The van der Waals surface area contributed by atoms with Crippen LogP contribution >= 0.6 is 0 Å². The van der Waals surface area contributed by atoms with Crippen molar-refractivity contribution in [1.29, 1.82) is 0 Å². The first kappa shape index (κ1) is 23.8. The number of hydrogen-bond acceptors (Lipinski definition) is 9. The molecular formula is C26H31N7O4. The molecule has 37 heavy (non-hydrogen) atoms. The Morgan fingerprint density at radius 3 is 2.95 bits per heavy atom. The number of carbonyl (C=O) groups excluding carboxylic acids is 2. The van der Waals surface area contributed by atoms with Crippen molar-refractivity contribution in [3.63, 3.8) is 0 Å². The summed E-state index contributed by atoms with van der Waals surface area (Å²) in [5.74, 6) is -0.0424.